The number of carbonyl (C=O) groups excluding carboxylic acids is 2. The van der Waals surface area contributed by atoms with Crippen LogP contribution in [0.1, 0.15) is 36.1 Å². The third kappa shape index (κ3) is 7.73. The van der Waals surface area contributed by atoms with E-state index >= 15 is 0 Å². The predicted molar refractivity (Wildman–Crippen MR) is 135 cm³/mol. The SMILES string of the molecule is CCOC(=O)Cc1cc(-c2ccc(C(F)(F)F)cc2CN(CC)C(=O)OCc2ccccc2)ccc1Cl. The molecule has 3 rings (SSSR count). The first-order valence-electron chi connectivity index (χ1n) is 11.7. The van der Waals surface area contributed by atoms with Crippen LogP contribution in [0.5, 0.6) is 0 Å². The lowest BCUT2D eigenvalue weighted by atomic mass is 9.95. The molecule has 9 heteroatoms. The van der Waals surface area contributed by atoms with Gasteiger partial charge in [-0.2, -0.15) is 13.2 Å². The molecule has 0 atom stereocenters. The van der Waals surface area contributed by atoms with Crippen molar-refractivity contribution < 1.29 is 32.2 Å². The van der Waals surface area contributed by atoms with E-state index in [9.17, 15) is 22.8 Å². The van der Waals surface area contributed by atoms with Crippen LogP contribution in [0.15, 0.2) is 66.7 Å². The molecule has 0 aliphatic rings. The number of carbonyl (C=O) groups is 2. The second kappa shape index (κ2) is 12.6. The Morgan fingerprint density at radius 3 is 2.30 bits per heavy atom. The number of halogens is 4. The number of ether oxygens (including phenoxy) is 2. The molecular formula is C28H27ClF3NO4. The van der Waals surface area contributed by atoms with Crippen molar-refractivity contribution in [1.82, 2.24) is 4.90 Å². The molecule has 0 aromatic heterocycles. The van der Waals surface area contributed by atoms with E-state index in [0.29, 0.717) is 21.7 Å². The van der Waals surface area contributed by atoms with Crippen molar-refractivity contribution in [2.75, 3.05) is 13.2 Å². The lowest BCUT2D eigenvalue weighted by molar-refractivity contribution is -0.142. The first-order chi connectivity index (χ1) is 17.6. The molecule has 0 heterocycles. The summed E-state index contributed by atoms with van der Waals surface area (Å²) in [5.74, 6) is -0.465. The molecule has 3 aromatic rings. The number of hydrogen-bond donors (Lipinski definition) is 0. The fourth-order valence-corrected chi connectivity index (χ4v) is 3.93. The van der Waals surface area contributed by atoms with Crippen molar-refractivity contribution in [2.45, 2.75) is 39.6 Å². The van der Waals surface area contributed by atoms with Gasteiger partial charge in [-0.1, -0.05) is 54.1 Å². The van der Waals surface area contributed by atoms with E-state index in [4.69, 9.17) is 21.1 Å². The summed E-state index contributed by atoms with van der Waals surface area (Å²) in [6.07, 6.45) is -5.29. The summed E-state index contributed by atoms with van der Waals surface area (Å²) in [5.41, 5.74) is 1.75. The van der Waals surface area contributed by atoms with Gasteiger partial charge in [-0.15, -0.1) is 0 Å². The standard InChI is InChI=1S/C28H27ClF3NO4/c1-3-33(27(35)37-18-19-8-6-5-7-9-19)17-22-15-23(28(30,31)32)11-12-24(22)20-10-13-25(29)21(14-20)16-26(34)36-4-2/h5-15H,3-4,16-18H2,1-2H3. The van der Waals surface area contributed by atoms with Crippen molar-refractivity contribution in [2.24, 2.45) is 0 Å². The van der Waals surface area contributed by atoms with Crippen LogP contribution in [-0.2, 0) is 40.0 Å². The highest BCUT2D eigenvalue weighted by Gasteiger charge is 2.31. The van der Waals surface area contributed by atoms with Gasteiger partial charge in [0.15, 0.2) is 0 Å². The number of rotatable bonds is 9. The molecule has 196 valence electrons. The lowest BCUT2D eigenvalue weighted by Crippen LogP contribution is -2.31. The topological polar surface area (TPSA) is 55.8 Å². The van der Waals surface area contributed by atoms with Gasteiger partial charge in [-0.05, 0) is 65.9 Å². The van der Waals surface area contributed by atoms with E-state index in [1.54, 1.807) is 32.0 Å². The second-order valence-electron chi connectivity index (χ2n) is 8.21. The summed E-state index contributed by atoms with van der Waals surface area (Å²) >= 11 is 6.26. The molecule has 0 bridgehead atoms. The third-order valence-corrected chi connectivity index (χ3v) is 6.00. The maximum Gasteiger partial charge on any atom is 0.416 e. The normalized spacial score (nSPS) is 11.2. The van der Waals surface area contributed by atoms with Crippen molar-refractivity contribution in [3.8, 4) is 11.1 Å². The summed E-state index contributed by atoms with van der Waals surface area (Å²) in [5, 5.41) is 0.338. The lowest BCUT2D eigenvalue weighted by Gasteiger charge is -2.23. The van der Waals surface area contributed by atoms with Crippen molar-refractivity contribution in [3.63, 3.8) is 0 Å². The van der Waals surface area contributed by atoms with Gasteiger partial charge in [0.1, 0.15) is 6.61 Å². The number of hydrogen-bond acceptors (Lipinski definition) is 4. The van der Waals surface area contributed by atoms with E-state index in [1.165, 1.54) is 11.0 Å². The van der Waals surface area contributed by atoms with E-state index in [1.807, 2.05) is 30.3 Å². The smallest absolute Gasteiger partial charge is 0.416 e. The van der Waals surface area contributed by atoms with E-state index in [-0.39, 0.29) is 38.3 Å². The Morgan fingerprint density at radius 1 is 0.919 bits per heavy atom. The summed E-state index contributed by atoms with van der Waals surface area (Å²) in [6.45, 7) is 3.77. The van der Waals surface area contributed by atoms with Crippen LogP contribution in [0.25, 0.3) is 11.1 Å². The fraction of sp³-hybridized carbons (Fsp3) is 0.286. The van der Waals surface area contributed by atoms with Gasteiger partial charge in [0.2, 0.25) is 0 Å². The highest BCUT2D eigenvalue weighted by atomic mass is 35.5. The number of nitrogens with zero attached hydrogens (tertiary/aromatic N) is 1. The highest BCUT2D eigenvalue weighted by Crippen LogP contribution is 2.35. The zero-order chi connectivity index (χ0) is 27.0. The van der Waals surface area contributed by atoms with Crippen LogP contribution in [-0.4, -0.2) is 30.1 Å². The first-order valence-corrected chi connectivity index (χ1v) is 12.1. The van der Waals surface area contributed by atoms with Crippen molar-refractivity contribution >= 4 is 23.7 Å². The zero-order valence-electron chi connectivity index (χ0n) is 20.5. The van der Waals surface area contributed by atoms with Crippen LogP contribution in [0.4, 0.5) is 18.0 Å². The minimum Gasteiger partial charge on any atom is -0.466 e. The molecule has 0 saturated carbocycles. The summed E-state index contributed by atoms with van der Waals surface area (Å²) in [7, 11) is 0. The molecule has 0 saturated heterocycles. The van der Waals surface area contributed by atoms with Crippen molar-refractivity contribution in [1.29, 1.82) is 0 Å². The quantitative estimate of drug-likeness (QED) is 0.271. The molecular weight excluding hydrogens is 507 g/mol. The molecule has 0 radical (unpaired) electrons. The molecule has 0 aliphatic carbocycles. The van der Waals surface area contributed by atoms with E-state index < -0.39 is 23.8 Å². The molecule has 5 nitrogen and oxygen atoms in total. The van der Waals surface area contributed by atoms with Crippen LogP contribution in [0.3, 0.4) is 0 Å². The van der Waals surface area contributed by atoms with Gasteiger partial charge >= 0.3 is 18.2 Å². The maximum atomic E-state index is 13.5. The third-order valence-electron chi connectivity index (χ3n) is 5.64. The van der Waals surface area contributed by atoms with Gasteiger partial charge in [-0.25, -0.2) is 4.79 Å². The molecule has 1 amide bonds. The van der Waals surface area contributed by atoms with Gasteiger partial charge in [-0.3, -0.25) is 4.79 Å². The van der Waals surface area contributed by atoms with Gasteiger partial charge in [0, 0.05) is 18.1 Å². The van der Waals surface area contributed by atoms with Gasteiger partial charge in [0.25, 0.3) is 0 Å². The Kier molecular flexibility index (Phi) is 9.58. The molecule has 3 aromatic carbocycles. The highest BCUT2D eigenvalue weighted by molar-refractivity contribution is 6.31. The molecule has 0 unspecified atom stereocenters. The van der Waals surface area contributed by atoms with Gasteiger partial charge < -0.3 is 14.4 Å². The zero-order valence-corrected chi connectivity index (χ0v) is 21.2. The number of esters is 1. The molecule has 0 fully saturated rings. The average Bonchev–Trinajstić information content (AvgIpc) is 2.87. The predicted octanol–water partition coefficient (Wildman–Crippen LogP) is 7.29. The Balaban J connectivity index is 1.93. The van der Waals surface area contributed by atoms with E-state index in [0.717, 1.165) is 17.7 Å². The monoisotopic (exact) mass is 533 g/mol. The molecule has 37 heavy (non-hydrogen) atoms. The average molecular weight is 534 g/mol. The fourth-order valence-electron chi connectivity index (χ4n) is 3.75. The van der Waals surface area contributed by atoms with Crippen LogP contribution in [0.2, 0.25) is 5.02 Å². The molecule has 0 N–H and O–H groups in total. The minimum atomic E-state index is -4.56. The number of alkyl halides is 3. The maximum absolute atomic E-state index is 13.5. The summed E-state index contributed by atoms with van der Waals surface area (Å²) in [6, 6.07) is 17.4. The Bertz CT molecular complexity index is 1230. The molecule has 0 aliphatic heterocycles. The van der Waals surface area contributed by atoms with Crippen LogP contribution < -0.4 is 0 Å². The Morgan fingerprint density at radius 2 is 1.65 bits per heavy atom. The van der Waals surface area contributed by atoms with Crippen molar-refractivity contribution in [3.05, 3.63) is 94.0 Å². The first kappa shape index (κ1) is 28.1. The minimum absolute atomic E-state index is 0.0417. The molecule has 0 spiro atoms. The Labute approximate surface area is 218 Å². The number of amides is 1. The Hall–Kier alpha value is -3.52. The second-order valence-corrected chi connectivity index (χ2v) is 8.62. The van der Waals surface area contributed by atoms with E-state index in [2.05, 4.69) is 0 Å². The van der Waals surface area contributed by atoms with Crippen LogP contribution in [0, 0.1) is 0 Å². The summed E-state index contributed by atoms with van der Waals surface area (Å²) < 4.78 is 51.0. The van der Waals surface area contributed by atoms with Gasteiger partial charge in [0.05, 0.1) is 18.6 Å². The summed E-state index contributed by atoms with van der Waals surface area (Å²) in [4.78, 5) is 26.1. The number of benzene rings is 3. The largest absolute Gasteiger partial charge is 0.466 e. The van der Waals surface area contributed by atoms with Crippen LogP contribution >= 0.6 is 11.6 Å².